The minimum Gasteiger partial charge on any atom is -0.497 e. The first-order chi connectivity index (χ1) is 9.86. The molecule has 20 heavy (non-hydrogen) atoms. The first kappa shape index (κ1) is 13.1. The van der Waals surface area contributed by atoms with Gasteiger partial charge in [-0.15, -0.1) is 0 Å². The van der Waals surface area contributed by atoms with Crippen LogP contribution in [0.15, 0.2) is 30.5 Å². The van der Waals surface area contributed by atoms with Crippen LogP contribution in [0.2, 0.25) is 0 Å². The molecule has 0 bridgehead atoms. The Morgan fingerprint density at radius 1 is 1.40 bits per heavy atom. The van der Waals surface area contributed by atoms with Gasteiger partial charge in [-0.3, -0.25) is 0 Å². The normalized spacial score (nSPS) is 18.9. The van der Waals surface area contributed by atoms with Crippen LogP contribution in [0.3, 0.4) is 0 Å². The van der Waals surface area contributed by atoms with Crippen LogP contribution < -0.4 is 14.8 Å². The highest BCUT2D eigenvalue weighted by Crippen LogP contribution is 2.27. The number of nitrogens with one attached hydrogen (secondary N) is 1. The Bertz CT molecular complexity index is 582. The Hall–Kier alpha value is -1.85. The van der Waals surface area contributed by atoms with Crippen molar-refractivity contribution in [2.75, 3.05) is 33.4 Å². The molecule has 3 rings (SSSR count). The summed E-state index contributed by atoms with van der Waals surface area (Å²) < 4.78 is 16.7. The maximum absolute atomic E-state index is 5.83. The van der Waals surface area contributed by atoms with E-state index >= 15 is 0 Å². The van der Waals surface area contributed by atoms with Crippen molar-refractivity contribution in [3.63, 3.8) is 0 Å². The van der Waals surface area contributed by atoms with Gasteiger partial charge in [0.05, 0.1) is 13.7 Å². The summed E-state index contributed by atoms with van der Waals surface area (Å²) in [6, 6.07) is 7.83. The second kappa shape index (κ2) is 6.07. The monoisotopic (exact) mass is 274 g/mol. The Morgan fingerprint density at radius 3 is 3.15 bits per heavy atom. The van der Waals surface area contributed by atoms with Crippen molar-refractivity contribution in [2.45, 2.75) is 6.10 Å². The smallest absolute Gasteiger partial charge is 0.221 e. The zero-order chi connectivity index (χ0) is 13.8. The fraction of sp³-hybridized carbons (Fsp3) is 0.400. The molecule has 0 aliphatic carbocycles. The lowest BCUT2D eigenvalue weighted by Crippen LogP contribution is -2.41. The van der Waals surface area contributed by atoms with Crippen molar-refractivity contribution in [1.29, 1.82) is 0 Å². The van der Waals surface area contributed by atoms with Crippen LogP contribution in [-0.4, -0.2) is 44.5 Å². The quantitative estimate of drug-likeness (QED) is 0.918. The van der Waals surface area contributed by atoms with Gasteiger partial charge in [0.2, 0.25) is 5.88 Å². The van der Waals surface area contributed by atoms with E-state index in [1.165, 1.54) is 0 Å². The molecule has 0 spiro atoms. The molecule has 2 heterocycles. The van der Waals surface area contributed by atoms with E-state index in [0.717, 1.165) is 36.2 Å². The Morgan fingerprint density at radius 2 is 2.35 bits per heavy atom. The van der Waals surface area contributed by atoms with E-state index in [2.05, 4.69) is 10.3 Å². The molecule has 1 aromatic heterocycles. The van der Waals surface area contributed by atoms with E-state index in [4.69, 9.17) is 14.2 Å². The molecule has 1 aromatic carbocycles. The van der Waals surface area contributed by atoms with Crippen LogP contribution >= 0.6 is 0 Å². The lowest BCUT2D eigenvalue weighted by atomic mass is 10.1. The number of benzene rings is 1. The molecule has 1 aliphatic rings. The summed E-state index contributed by atoms with van der Waals surface area (Å²) >= 11 is 0. The third-order valence-electron chi connectivity index (χ3n) is 3.35. The van der Waals surface area contributed by atoms with Crippen molar-refractivity contribution in [3.05, 3.63) is 30.5 Å². The van der Waals surface area contributed by atoms with Gasteiger partial charge in [0.25, 0.3) is 0 Å². The van der Waals surface area contributed by atoms with Gasteiger partial charge in [0.15, 0.2) is 0 Å². The third-order valence-corrected chi connectivity index (χ3v) is 3.35. The summed E-state index contributed by atoms with van der Waals surface area (Å²) in [5.41, 5.74) is 0. The summed E-state index contributed by atoms with van der Waals surface area (Å²) in [5.74, 6) is 1.42. The van der Waals surface area contributed by atoms with Crippen molar-refractivity contribution in [3.8, 4) is 11.6 Å². The molecule has 2 aromatic rings. The van der Waals surface area contributed by atoms with Gasteiger partial charge in [0, 0.05) is 24.7 Å². The number of ether oxygens (including phenoxy) is 3. The minimum absolute atomic E-state index is 0.0754. The summed E-state index contributed by atoms with van der Waals surface area (Å²) in [6.07, 6.45) is 1.83. The van der Waals surface area contributed by atoms with Gasteiger partial charge in [-0.25, -0.2) is 4.98 Å². The first-order valence-electron chi connectivity index (χ1n) is 6.75. The number of rotatable bonds is 4. The lowest BCUT2D eigenvalue weighted by Gasteiger charge is -2.23. The van der Waals surface area contributed by atoms with Crippen molar-refractivity contribution in [1.82, 2.24) is 10.3 Å². The molecule has 0 saturated carbocycles. The fourth-order valence-electron chi connectivity index (χ4n) is 2.26. The Balaban J connectivity index is 1.79. The standard InChI is InChI=1S/C15H18N2O3/c1-18-12-3-2-11-4-5-17-15(14(11)8-12)20-10-13-9-16-6-7-19-13/h2-5,8,13,16H,6-7,9-10H2,1H3. The maximum Gasteiger partial charge on any atom is 0.221 e. The van der Waals surface area contributed by atoms with E-state index in [1.807, 2.05) is 24.3 Å². The van der Waals surface area contributed by atoms with Crippen LogP contribution in [0.1, 0.15) is 0 Å². The summed E-state index contributed by atoms with van der Waals surface area (Å²) in [7, 11) is 1.65. The molecule has 106 valence electrons. The fourth-order valence-corrected chi connectivity index (χ4v) is 2.26. The van der Waals surface area contributed by atoms with E-state index in [0.29, 0.717) is 12.5 Å². The average Bonchev–Trinajstić information content (AvgIpc) is 2.53. The lowest BCUT2D eigenvalue weighted by molar-refractivity contribution is -0.000385. The average molecular weight is 274 g/mol. The number of hydrogen-bond acceptors (Lipinski definition) is 5. The number of methoxy groups -OCH3 is 1. The molecule has 0 amide bonds. The molecule has 1 saturated heterocycles. The minimum atomic E-state index is 0.0754. The highest BCUT2D eigenvalue weighted by molar-refractivity contribution is 5.87. The predicted molar refractivity (Wildman–Crippen MR) is 76.4 cm³/mol. The number of hydrogen-bond donors (Lipinski definition) is 1. The van der Waals surface area contributed by atoms with E-state index < -0.39 is 0 Å². The molecule has 1 aliphatic heterocycles. The SMILES string of the molecule is COc1ccc2ccnc(OCC3CNCCO3)c2c1. The zero-order valence-electron chi connectivity index (χ0n) is 11.5. The second-order valence-electron chi connectivity index (χ2n) is 4.71. The van der Waals surface area contributed by atoms with E-state index in [1.54, 1.807) is 13.3 Å². The van der Waals surface area contributed by atoms with Gasteiger partial charge in [-0.05, 0) is 23.6 Å². The third kappa shape index (κ3) is 2.84. The largest absolute Gasteiger partial charge is 0.497 e. The van der Waals surface area contributed by atoms with Crippen LogP contribution in [0.4, 0.5) is 0 Å². The maximum atomic E-state index is 5.83. The van der Waals surface area contributed by atoms with E-state index in [-0.39, 0.29) is 6.10 Å². The number of fused-ring (bicyclic) bond motifs is 1. The number of nitrogens with zero attached hydrogens (tertiary/aromatic N) is 1. The highest BCUT2D eigenvalue weighted by Gasteiger charge is 2.15. The topological polar surface area (TPSA) is 52.6 Å². The number of aromatic nitrogens is 1. The van der Waals surface area contributed by atoms with Crippen LogP contribution in [-0.2, 0) is 4.74 Å². The first-order valence-corrected chi connectivity index (χ1v) is 6.75. The van der Waals surface area contributed by atoms with Gasteiger partial charge < -0.3 is 19.5 Å². The van der Waals surface area contributed by atoms with Crippen molar-refractivity contribution >= 4 is 10.8 Å². The molecular formula is C15H18N2O3. The van der Waals surface area contributed by atoms with Gasteiger partial charge in [0.1, 0.15) is 18.5 Å². The van der Waals surface area contributed by atoms with Crippen LogP contribution in [0, 0.1) is 0 Å². The number of pyridine rings is 1. The zero-order valence-corrected chi connectivity index (χ0v) is 11.5. The summed E-state index contributed by atoms with van der Waals surface area (Å²) in [4.78, 5) is 4.31. The molecular weight excluding hydrogens is 256 g/mol. The van der Waals surface area contributed by atoms with Gasteiger partial charge >= 0.3 is 0 Å². The second-order valence-corrected chi connectivity index (χ2v) is 4.71. The van der Waals surface area contributed by atoms with Gasteiger partial charge in [-0.2, -0.15) is 0 Å². The molecule has 1 atom stereocenters. The highest BCUT2D eigenvalue weighted by atomic mass is 16.5. The van der Waals surface area contributed by atoms with Gasteiger partial charge in [-0.1, -0.05) is 6.07 Å². The molecule has 5 heteroatoms. The molecule has 5 nitrogen and oxygen atoms in total. The summed E-state index contributed by atoms with van der Waals surface area (Å²) in [5, 5.41) is 5.32. The van der Waals surface area contributed by atoms with Crippen molar-refractivity contribution < 1.29 is 14.2 Å². The molecule has 0 radical (unpaired) electrons. The molecule has 1 N–H and O–H groups in total. The molecule has 1 unspecified atom stereocenters. The van der Waals surface area contributed by atoms with Crippen LogP contribution in [0.5, 0.6) is 11.6 Å². The molecule has 1 fully saturated rings. The Labute approximate surface area is 117 Å². The Kier molecular flexibility index (Phi) is 3.99. The summed E-state index contributed by atoms with van der Waals surface area (Å²) in [6.45, 7) is 2.94. The predicted octanol–water partition coefficient (Wildman–Crippen LogP) is 1.61. The van der Waals surface area contributed by atoms with Crippen molar-refractivity contribution in [2.24, 2.45) is 0 Å². The van der Waals surface area contributed by atoms with E-state index in [9.17, 15) is 0 Å². The number of morpholine rings is 1. The van der Waals surface area contributed by atoms with Crippen LogP contribution in [0.25, 0.3) is 10.8 Å².